The summed E-state index contributed by atoms with van der Waals surface area (Å²) in [5.74, 6) is 1.31. The molecule has 0 bridgehead atoms. The van der Waals surface area contributed by atoms with E-state index >= 15 is 0 Å². The summed E-state index contributed by atoms with van der Waals surface area (Å²) in [6.07, 6.45) is 1.75. The molecule has 0 spiro atoms. The predicted molar refractivity (Wildman–Crippen MR) is 131 cm³/mol. The summed E-state index contributed by atoms with van der Waals surface area (Å²) in [5.41, 5.74) is 17.0. The Morgan fingerprint density at radius 3 is 2.73 bits per heavy atom. The van der Waals surface area contributed by atoms with Gasteiger partial charge in [-0.1, -0.05) is 45.0 Å². The van der Waals surface area contributed by atoms with Crippen LogP contribution in [-0.2, 0) is 17.8 Å². The number of fused-ring (bicyclic) bond motifs is 4. The van der Waals surface area contributed by atoms with Crippen LogP contribution < -0.4 is 21.5 Å². The number of hydrogen-bond donors (Lipinski definition) is 3. The second kappa shape index (κ2) is 7.65. The number of benzene rings is 2. The fourth-order valence-electron chi connectivity index (χ4n) is 4.39. The van der Waals surface area contributed by atoms with Crippen LogP contribution in [0.5, 0.6) is 5.75 Å². The van der Waals surface area contributed by atoms with Crippen molar-refractivity contribution >= 4 is 45.3 Å². The third-order valence-corrected chi connectivity index (χ3v) is 6.07. The maximum atomic E-state index is 12.6. The Bertz CT molecular complexity index is 1400. The summed E-state index contributed by atoms with van der Waals surface area (Å²) < 4.78 is 8.25. The van der Waals surface area contributed by atoms with Crippen molar-refractivity contribution in [1.29, 1.82) is 0 Å². The first-order chi connectivity index (χ1) is 15.7. The normalized spacial score (nSPS) is 13.7. The van der Waals surface area contributed by atoms with Gasteiger partial charge in [0.25, 0.3) is 0 Å². The number of aromatic nitrogens is 3. The Morgan fingerprint density at radius 1 is 1.15 bits per heavy atom. The van der Waals surface area contributed by atoms with E-state index in [2.05, 4.69) is 19.9 Å². The van der Waals surface area contributed by atoms with Crippen molar-refractivity contribution in [1.82, 2.24) is 14.5 Å². The molecule has 1 aliphatic rings. The summed E-state index contributed by atoms with van der Waals surface area (Å²) in [6.45, 7) is 6.88. The molecule has 170 valence electrons. The van der Waals surface area contributed by atoms with Gasteiger partial charge in [0.2, 0.25) is 11.9 Å². The number of nitrogen functional groups attached to an aromatic ring is 2. The lowest BCUT2D eigenvalue weighted by molar-refractivity contribution is -0.123. The molecule has 8 heteroatoms. The molecule has 5 N–H and O–H groups in total. The van der Waals surface area contributed by atoms with Gasteiger partial charge in [-0.15, -0.1) is 0 Å². The molecule has 5 rings (SSSR count). The van der Waals surface area contributed by atoms with Gasteiger partial charge in [0.1, 0.15) is 16.8 Å². The van der Waals surface area contributed by atoms with E-state index in [4.69, 9.17) is 16.2 Å². The van der Waals surface area contributed by atoms with Gasteiger partial charge in [-0.25, -0.2) is 4.98 Å². The van der Waals surface area contributed by atoms with Crippen LogP contribution in [0.2, 0.25) is 0 Å². The maximum Gasteiger partial charge on any atom is 0.229 e. The van der Waals surface area contributed by atoms with Crippen molar-refractivity contribution in [2.75, 3.05) is 23.4 Å². The minimum atomic E-state index is -0.483. The number of carbonyl (C=O) groups excluding carboxylic acids is 1. The smallest absolute Gasteiger partial charge is 0.229 e. The van der Waals surface area contributed by atoms with E-state index in [-0.39, 0.29) is 11.9 Å². The monoisotopic (exact) mass is 444 g/mol. The number of amides is 1. The second-order valence-electron chi connectivity index (χ2n) is 9.50. The Morgan fingerprint density at radius 2 is 1.94 bits per heavy atom. The molecule has 4 aromatic rings. The molecule has 0 unspecified atom stereocenters. The number of carbonyl (C=O) groups is 1. The number of nitrogens with two attached hydrogens (primary N) is 2. The van der Waals surface area contributed by atoms with Crippen LogP contribution in [0, 0.1) is 5.41 Å². The molecule has 0 saturated heterocycles. The molecule has 0 radical (unpaired) electrons. The highest BCUT2D eigenvalue weighted by atomic mass is 16.5. The van der Waals surface area contributed by atoms with Crippen LogP contribution in [0.3, 0.4) is 0 Å². The summed E-state index contributed by atoms with van der Waals surface area (Å²) in [6, 6.07) is 12.0. The topological polar surface area (TPSA) is 121 Å². The molecular formula is C25H28N6O2. The zero-order valence-corrected chi connectivity index (χ0v) is 19.1. The zero-order chi connectivity index (χ0) is 23.3. The number of nitrogens with one attached hydrogen (secondary N) is 1. The highest BCUT2D eigenvalue weighted by Crippen LogP contribution is 2.38. The lowest BCUT2D eigenvalue weighted by Crippen LogP contribution is -2.28. The van der Waals surface area contributed by atoms with Gasteiger partial charge >= 0.3 is 0 Å². The number of para-hydroxylation sites is 1. The van der Waals surface area contributed by atoms with Crippen LogP contribution in [0.25, 0.3) is 21.9 Å². The van der Waals surface area contributed by atoms with Crippen molar-refractivity contribution in [3.05, 3.63) is 47.5 Å². The van der Waals surface area contributed by atoms with Crippen molar-refractivity contribution in [3.63, 3.8) is 0 Å². The lowest BCUT2D eigenvalue weighted by atomic mass is 9.94. The van der Waals surface area contributed by atoms with Crippen molar-refractivity contribution in [3.8, 4) is 5.75 Å². The Labute approximate surface area is 191 Å². The first-order valence-corrected chi connectivity index (χ1v) is 11.1. The minimum Gasteiger partial charge on any atom is -0.493 e. The van der Waals surface area contributed by atoms with Crippen molar-refractivity contribution in [2.24, 2.45) is 5.41 Å². The van der Waals surface area contributed by atoms with Crippen LogP contribution in [-0.4, -0.2) is 27.0 Å². The van der Waals surface area contributed by atoms with Crippen molar-refractivity contribution < 1.29 is 9.53 Å². The number of rotatable bonds is 3. The van der Waals surface area contributed by atoms with Gasteiger partial charge in [0.15, 0.2) is 5.82 Å². The average molecular weight is 445 g/mol. The molecule has 1 aliphatic heterocycles. The van der Waals surface area contributed by atoms with E-state index < -0.39 is 5.41 Å². The molecule has 0 atom stereocenters. The van der Waals surface area contributed by atoms with Crippen LogP contribution >= 0.6 is 0 Å². The van der Waals surface area contributed by atoms with E-state index in [1.165, 1.54) is 0 Å². The van der Waals surface area contributed by atoms with Gasteiger partial charge in [0.05, 0.1) is 18.7 Å². The van der Waals surface area contributed by atoms with Gasteiger partial charge in [-0.2, -0.15) is 4.98 Å². The SMILES string of the molecule is CC(C)(C)C(=O)Nc1ccc(Cn2c3ccccc3c3nc(N)nc(N)c32)c2c1CCCO2. The standard InChI is InChI=1S/C25H28N6O2/c1-25(2,3)23(32)28-17-11-10-14(21-15(17)8-6-12-33-21)13-31-18-9-5-4-7-16(18)19-20(31)22(26)30-24(27)29-19/h4-5,7,9-11H,6,8,12-13H2,1-3H3,(H,28,32)(H4,26,27,29,30). The van der Waals surface area contributed by atoms with E-state index in [0.29, 0.717) is 19.0 Å². The van der Waals surface area contributed by atoms with Crippen LogP contribution in [0.1, 0.15) is 38.3 Å². The van der Waals surface area contributed by atoms with E-state index in [1.807, 2.05) is 57.2 Å². The largest absolute Gasteiger partial charge is 0.493 e. The first-order valence-electron chi connectivity index (χ1n) is 11.1. The number of ether oxygens (including phenoxy) is 1. The Balaban J connectivity index is 1.64. The predicted octanol–water partition coefficient (Wildman–Crippen LogP) is 4.11. The molecule has 33 heavy (non-hydrogen) atoms. The summed E-state index contributed by atoms with van der Waals surface area (Å²) in [4.78, 5) is 21.3. The van der Waals surface area contributed by atoms with Gasteiger partial charge < -0.3 is 26.1 Å². The average Bonchev–Trinajstić information content (AvgIpc) is 3.08. The van der Waals surface area contributed by atoms with Gasteiger partial charge in [0, 0.05) is 27.6 Å². The highest BCUT2D eigenvalue weighted by Gasteiger charge is 2.26. The highest BCUT2D eigenvalue weighted by molar-refractivity contribution is 6.09. The number of hydrogen-bond acceptors (Lipinski definition) is 6. The quantitative estimate of drug-likeness (QED) is 0.437. The second-order valence-corrected chi connectivity index (χ2v) is 9.50. The molecule has 2 aromatic carbocycles. The zero-order valence-electron chi connectivity index (χ0n) is 19.1. The van der Waals surface area contributed by atoms with Gasteiger partial charge in [-0.05, 0) is 25.0 Å². The minimum absolute atomic E-state index is 0.0204. The van der Waals surface area contributed by atoms with E-state index in [9.17, 15) is 4.79 Å². The number of anilines is 3. The van der Waals surface area contributed by atoms with Crippen LogP contribution in [0.4, 0.5) is 17.5 Å². The Kier molecular flexibility index (Phi) is 4.88. The Hall–Kier alpha value is -3.81. The number of nitrogens with zero attached hydrogens (tertiary/aromatic N) is 3. The van der Waals surface area contributed by atoms with Crippen LogP contribution in [0.15, 0.2) is 36.4 Å². The molecule has 2 aromatic heterocycles. The summed E-state index contributed by atoms with van der Waals surface area (Å²) >= 11 is 0. The molecule has 0 fully saturated rings. The maximum absolute atomic E-state index is 12.6. The molecular weight excluding hydrogens is 416 g/mol. The molecule has 0 saturated carbocycles. The fraction of sp³-hybridized carbons (Fsp3) is 0.320. The molecule has 3 heterocycles. The third-order valence-electron chi connectivity index (χ3n) is 6.07. The molecule has 0 aliphatic carbocycles. The fourth-order valence-corrected chi connectivity index (χ4v) is 4.39. The lowest BCUT2D eigenvalue weighted by Gasteiger charge is -2.25. The molecule has 1 amide bonds. The molecule has 8 nitrogen and oxygen atoms in total. The third kappa shape index (κ3) is 3.61. The summed E-state index contributed by atoms with van der Waals surface area (Å²) in [5, 5.41) is 4.06. The van der Waals surface area contributed by atoms with E-state index in [1.54, 1.807) is 0 Å². The summed E-state index contributed by atoms with van der Waals surface area (Å²) in [7, 11) is 0. The van der Waals surface area contributed by atoms with Crippen molar-refractivity contribution in [2.45, 2.75) is 40.2 Å². The first kappa shape index (κ1) is 21.1. The van der Waals surface area contributed by atoms with Gasteiger partial charge in [-0.3, -0.25) is 4.79 Å². The van der Waals surface area contributed by atoms with E-state index in [0.717, 1.165) is 57.3 Å².